The van der Waals surface area contributed by atoms with Crippen LogP contribution >= 0.6 is 0 Å². The summed E-state index contributed by atoms with van der Waals surface area (Å²) in [6, 6.07) is 0. The van der Waals surface area contributed by atoms with Crippen molar-refractivity contribution < 1.29 is 21.6 Å². The molecule has 0 aromatic rings. The van der Waals surface area contributed by atoms with Gasteiger partial charge in [-0.2, -0.15) is 0 Å². The molecule has 0 aromatic heterocycles. The van der Waals surface area contributed by atoms with E-state index in [0.717, 1.165) is 10.9 Å². The Balaban J connectivity index is 0.000000318. The van der Waals surface area contributed by atoms with Crippen LogP contribution in [0.1, 0.15) is 6.42 Å². The van der Waals surface area contributed by atoms with Crippen LogP contribution < -0.4 is 0 Å². The number of rotatable bonds is 2. The van der Waals surface area contributed by atoms with E-state index in [4.69, 9.17) is 0 Å². The molecule has 0 aromatic carbocycles. The predicted molar refractivity (Wildman–Crippen MR) is 67.6 cm³/mol. The molecule has 0 heterocycles. The van der Waals surface area contributed by atoms with E-state index in [2.05, 4.69) is 69.8 Å². The third-order valence-corrected chi connectivity index (χ3v) is 2.24. The summed E-state index contributed by atoms with van der Waals surface area (Å²) >= 11 is 0. The molecule has 2 heteroatoms. The molecule has 0 fully saturated rings. The zero-order valence-corrected chi connectivity index (χ0v) is 11.5. The van der Waals surface area contributed by atoms with Crippen molar-refractivity contribution in [3.63, 3.8) is 0 Å². The molecule has 0 atom stereocenters. The molecule has 2 rings (SSSR count). The molecule has 0 saturated heterocycles. The van der Waals surface area contributed by atoms with E-state index >= 15 is 0 Å². The maximum absolute atomic E-state index is 2.25. The van der Waals surface area contributed by atoms with Gasteiger partial charge in [0.25, 0.3) is 0 Å². The summed E-state index contributed by atoms with van der Waals surface area (Å²) in [6.45, 7) is 1.20. The minimum Gasteiger partial charge on any atom is -0.330 e. The number of allylic oxidation sites excluding steroid dienone is 6. The van der Waals surface area contributed by atoms with Crippen LogP contribution in [0, 0.1) is 5.92 Å². The van der Waals surface area contributed by atoms with Gasteiger partial charge in [0, 0.05) is 5.92 Å². The molecule has 2 aliphatic carbocycles. The molecular formula is C14H22FeN+3. The molecule has 0 N–H and O–H groups in total. The Morgan fingerprint density at radius 2 is 1.44 bits per heavy atom. The van der Waals surface area contributed by atoms with Crippen LogP contribution in [0.2, 0.25) is 0 Å². The zero-order valence-electron chi connectivity index (χ0n) is 10.4. The van der Waals surface area contributed by atoms with Gasteiger partial charge in [0.05, 0.1) is 27.7 Å². The minimum absolute atomic E-state index is 0. The Bertz CT molecular complexity index is 270. The predicted octanol–water partition coefficient (Wildman–Crippen LogP) is 2.93. The number of quaternary nitrogens is 1. The van der Waals surface area contributed by atoms with Gasteiger partial charge in [0.15, 0.2) is 0 Å². The standard InChI is InChI=1S/C9H16N.C5H6.Fe/c1-10(2,3)8-9-6-4-5-7-9;1-2-4-5-3-1;/h4-7,9H,8H2,1-3H3;1-4H,5H2;/q+1;;+2. The second-order valence-corrected chi connectivity index (χ2v) is 5.00. The molecule has 0 radical (unpaired) electrons. The molecule has 0 unspecified atom stereocenters. The normalized spacial score (nSPS) is 17.2. The van der Waals surface area contributed by atoms with Crippen molar-refractivity contribution in [3.05, 3.63) is 48.6 Å². The fraction of sp³-hybridized carbons (Fsp3) is 0.429. The van der Waals surface area contributed by atoms with E-state index in [0.29, 0.717) is 5.92 Å². The van der Waals surface area contributed by atoms with E-state index in [9.17, 15) is 0 Å². The third kappa shape index (κ3) is 7.70. The van der Waals surface area contributed by atoms with Crippen LogP contribution in [0.3, 0.4) is 0 Å². The van der Waals surface area contributed by atoms with E-state index in [-0.39, 0.29) is 17.1 Å². The van der Waals surface area contributed by atoms with E-state index in [1.165, 1.54) is 6.54 Å². The van der Waals surface area contributed by atoms with Crippen molar-refractivity contribution in [2.24, 2.45) is 5.92 Å². The molecule has 1 nitrogen and oxygen atoms in total. The van der Waals surface area contributed by atoms with Crippen molar-refractivity contribution in [2.75, 3.05) is 27.7 Å². The monoisotopic (exact) mass is 260 g/mol. The van der Waals surface area contributed by atoms with Gasteiger partial charge in [-0.25, -0.2) is 0 Å². The Kier molecular flexibility index (Phi) is 7.40. The first-order valence-corrected chi connectivity index (χ1v) is 5.55. The summed E-state index contributed by atoms with van der Waals surface area (Å²) in [5.41, 5.74) is 0. The largest absolute Gasteiger partial charge is 2.00 e. The third-order valence-electron chi connectivity index (χ3n) is 2.24. The topological polar surface area (TPSA) is 0 Å². The van der Waals surface area contributed by atoms with E-state index in [1.807, 2.05) is 0 Å². The van der Waals surface area contributed by atoms with Crippen molar-refractivity contribution >= 4 is 0 Å². The van der Waals surface area contributed by atoms with Crippen molar-refractivity contribution in [1.29, 1.82) is 0 Å². The summed E-state index contributed by atoms with van der Waals surface area (Å²) < 4.78 is 1.04. The summed E-state index contributed by atoms with van der Waals surface area (Å²) in [5, 5.41) is 0. The summed E-state index contributed by atoms with van der Waals surface area (Å²) in [5.74, 6) is 0.667. The molecule has 0 spiro atoms. The summed E-state index contributed by atoms with van der Waals surface area (Å²) in [4.78, 5) is 0. The number of hydrogen-bond donors (Lipinski definition) is 0. The van der Waals surface area contributed by atoms with Gasteiger partial charge in [-0.05, 0) is 6.42 Å². The van der Waals surface area contributed by atoms with Crippen LogP contribution in [0.15, 0.2) is 48.6 Å². The first kappa shape index (κ1) is 15.4. The Hall–Kier alpha value is -0.561. The second kappa shape index (κ2) is 7.67. The van der Waals surface area contributed by atoms with Gasteiger partial charge in [-0.1, -0.05) is 48.6 Å². The molecule has 0 saturated carbocycles. The fourth-order valence-electron chi connectivity index (χ4n) is 1.62. The molecule has 16 heavy (non-hydrogen) atoms. The van der Waals surface area contributed by atoms with Gasteiger partial charge in [-0.3, -0.25) is 0 Å². The minimum atomic E-state index is 0. The average molecular weight is 260 g/mol. The van der Waals surface area contributed by atoms with Crippen LogP contribution in [-0.4, -0.2) is 32.2 Å². The maximum Gasteiger partial charge on any atom is 2.00 e. The molecule has 0 bridgehead atoms. The second-order valence-electron chi connectivity index (χ2n) is 5.00. The molecule has 2 aliphatic rings. The van der Waals surface area contributed by atoms with Gasteiger partial charge < -0.3 is 4.48 Å². The fourth-order valence-corrected chi connectivity index (χ4v) is 1.62. The quantitative estimate of drug-likeness (QED) is 0.529. The summed E-state index contributed by atoms with van der Waals surface area (Å²) in [7, 11) is 6.67. The van der Waals surface area contributed by atoms with Crippen LogP contribution in [0.4, 0.5) is 0 Å². The van der Waals surface area contributed by atoms with Gasteiger partial charge >= 0.3 is 17.1 Å². The smallest absolute Gasteiger partial charge is 0.330 e. The number of nitrogens with zero attached hydrogens (tertiary/aromatic N) is 1. The maximum atomic E-state index is 2.25. The van der Waals surface area contributed by atoms with Gasteiger partial charge in [-0.15, -0.1) is 0 Å². The SMILES string of the molecule is C1=CCC=C1.C[N+](C)(C)CC1C=CC=C1.[Fe+2]. The Labute approximate surface area is 110 Å². The molecule has 0 aliphatic heterocycles. The van der Waals surface area contributed by atoms with Gasteiger partial charge in [0.2, 0.25) is 0 Å². The van der Waals surface area contributed by atoms with E-state index in [1.54, 1.807) is 0 Å². The Morgan fingerprint density at radius 1 is 0.938 bits per heavy atom. The van der Waals surface area contributed by atoms with Crippen LogP contribution in [-0.2, 0) is 17.1 Å². The average Bonchev–Trinajstić information content (AvgIpc) is 2.71. The molecular weight excluding hydrogens is 238 g/mol. The van der Waals surface area contributed by atoms with Crippen LogP contribution in [0.25, 0.3) is 0 Å². The first-order valence-electron chi connectivity index (χ1n) is 5.55. The Morgan fingerprint density at radius 3 is 1.75 bits per heavy atom. The summed E-state index contributed by atoms with van der Waals surface area (Å²) in [6.07, 6.45) is 18.3. The molecule has 0 amide bonds. The zero-order chi connectivity index (χ0) is 11.1. The van der Waals surface area contributed by atoms with E-state index < -0.39 is 0 Å². The van der Waals surface area contributed by atoms with Crippen molar-refractivity contribution in [3.8, 4) is 0 Å². The van der Waals surface area contributed by atoms with Crippen molar-refractivity contribution in [1.82, 2.24) is 0 Å². The van der Waals surface area contributed by atoms with Crippen molar-refractivity contribution in [2.45, 2.75) is 6.42 Å². The van der Waals surface area contributed by atoms with Gasteiger partial charge in [0.1, 0.15) is 0 Å². The molecule has 88 valence electrons. The van der Waals surface area contributed by atoms with Crippen LogP contribution in [0.5, 0.6) is 0 Å². The first-order chi connectivity index (χ1) is 7.08. The number of hydrogen-bond acceptors (Lipinski definition) is 0.